The van der Waals surface area contributed by atoms with Crippen molar-refractivity contribution in [2.24, 2.45) is 0 Å². The number of hydrogen-bond acceptors (Lipinski definition) is 4. The van der Waals surface area contributed by atoms with Crippen molar-refractivity contribution in [3.05, 3.63) is 65.9 Å². The lowest BCUT2D eigenvalue weighted by Crippen LogP contribution is -2.27. The lowest BCUT2D eigenvalue weighted by atomic mass is 10.0. The Bertz CT molecular complexity index is 1350. The van der Waals surface area contributed by atoms with Crippen molar-refractivity contribution in [1.29, 1.82) is 0 Å². The molecule has 6 nitrogen and oxygen atoms in total. The number of rotatable bonds is 7. The molecule has 0 bridgehead atoms. The summed E-state index contributed by atoms with van der Waals surface area (Å²) in [6.07, 6.45) is 1.95. The highest BCUT2D eigenvalue weighted by atomic mass is 16.5. The van der Waals surface area contributed by atoms with E-state index in [1.165, 1.54) is 0 Å². The van der Waals surface area contributed by atoms with Gasteiger partial charge in [-0.1, -0.05) is 37.6 Å². The summed E-state index contributed by atoms with van der Waals surface area (Å²) in [4.78, 5) is 27.8. The standard InChI is InChI=1S/C26H24N2O4/c1-3-5-14-28-20-13-12-19(17-9-7-10-18(23(17)20)26(28)30)27-25(29)22-15-16-8-6-11-21(31-4-2)24(16)32-22/h6-13,15H,3-5,14H2,1-2H3,(H,27,29). The number of furan rings is 1. The van der Waals surface area contributed by atoms with Crippen LogP contribution in [0.25, 0.3) is 21.7 Å². The Labute approximate surface area is 185 Å². The number of unbranched alkanes of at least 4 members (excludes halogenated alkanes) is 1. The van der Waals surface area contributed by atoms with E-state index in [1.54, 1.807) is 6.07 Å². The first-order chi connectivity index (χ1) is 15.6. The first-order valence-corrected chi connectivity index (χ1v) is 11.0. The fourth-order valence-corrected chi connectivity index (χ4v) is 4.29. The number of nitrogens with one attached hydrogen (secondary N) is 1. The van der Waals surface area contributed by atoms with Gasteiger partial charge in [0.15, 0.2) is 17.1 Å². The summed E-state index contributed by atoms with van der Waals surface area (Å²) in [5.41, 5.74) is 2.77. The van der Waals surface area contributed by atoms with E-state index in [0.717, 1.165) is 34.7 Å². The quantitative estimate of drug-likeness (QED) is 0.392. The molecule has 162 valence electrons. The minimum atomic E-state index is -0.350. The molecule has 6 heteroatoms. The van der Waals surface area contributed by atoms with Crippen LogP contribution in [0.5, 0.6) is 5.75 Å². The lowest BCUT2D eigenvalue weighted by molar-refractivity contribution is 0.0987. The van der Waals surface area contributed by atoms with Gasteiger partial charge in [-0.05, 0) is 43.7 Å². The minimum absolute atomic E-state index is 0.0169. The normalized spacial score (nSPS) is 12.7. The van der Waals surface area contributed by atoms with E-state index in [9.17, 15) is 9.59 Å². The van der Waals surface area contributed by atoms with Crippen LogP contribution in [-0.4, -0.2) is 25.0 Å². The van der Waals surface area contributed by atoms with Gasteiger partial charge in [0.05, 0.1) is 12.3 Å². The molecule has 32 heavy (non-hydrogen) atoms. The number of carbonyl (C=O) groups excluding carboxylic acids is 2. The largest absolute Gasteiger partial charge is 0.490 e. The molecule has 0 fully saturated rings. The number of fused-ring (bicyclic) bond motifs is 1. The van der Waals surface area contributed by atoms with Crippen molar-refractivity contribution in [3.8, 4) is 5.75 Å². The molecule has 3 aromatic carbocycles. The van der Waals surface area contributed by atoms with Gasteiger partial charge in [0.2, 0.25) is 0 Å². The average Bonchev–Trinajstić information content (AvgIpc) is 3.36. The third-order valence-corrected chi connectivity index (χ3v) is 5.80. The van der Waals surface area contributed by atoms with Crippen LogP contribution in [-0.2, 0) is 0 Å². The maximum atomic E-state index is 13.0. The molecule has 0 aliphatic carbocycles. The van der Waals surface area contributed by atoms with Crippen molar-refractivity contribution in [2.75, 3.05) is 23.4 Å². The second-order valence-corrected chi connectivity index (χ2v) is 7.84. The molecular formula is C26H24N2O4. The molecule has 1 aliphatic heterocycles. The van der Waals surface area contributed by atoms with Crippen molar-refractivity contribution >= 4 is 44.9 Å². The highest BCUT2D eigenvalue weighted by Crippen LogP contribution is 2.41. The van der Waals surface area contributed by atoms with E-state index >= 15 is 0 Å². The van der Waals surface area contributed by atoms with Gasteiger partial charge in [-0.25, -0.2) is 0 Å². The van der Waals surface area contributed by atoms with Crippen LogP contribution in [0.1, 0.15) is 47.6 Å². The minimum Gasteiger partial charge on any atom is -0.490 e. The van der Waals surface area contributed by atoms with Crippen molar-refractivity contribution in [2.45, 2.75) is 26.7 Å². The van der Waals surface area contributed by atoms with Gasteiger partial charge >= 0.3 is 0 Å². The van der Waals surface area contributed by atoms with Crippen LogP contribution in [0.2, 0.25) is 0 Å². The smallest absolute Gasteiger partial charge is 0.291 e. The van der Waals surface area contributed by atoms with Crippen LogP contribution in [0, 0.1) is 0 Å². The second-order valence-electron chi connectivity index (χ2n) is 7.84. The number of anilines is 2. The summed E-state index contributed by atoms with van der Waals surface area (Å²) in [7, 11) is 0. The molecule has 0 saturated carbocycles. The summed E-state index contributed by atoms with van der Waals surface area (Å²) < 4.78 is 11.4. The Kier molecular flexibility index (Phi) is 5.05. The van der Waals surface area contributed by atoms with Gasteiger partial charge in [0, 0.05) is 34.0 Å². The zero-order valence-electron chi connectivity index (χ0n) is 18.1. The molecule has 1 aromatic heterocycles. The van der Waals surface area contributed by atoms with E-state index < -0.39 is 0 Å². The number of amides is 2. The fraction of sp³-hybridized carbons (Fsp3) is 0.231. The van der Waals surface area contributed by atoms with Gasteiger partial charge in [0.25, 0.3) is 11.8 Å². The van der Waals surface area contributed by atoms with Gasteiger partial charge in [0.1, 0.15) is 0 Å². The summed E-state index contributed by atoms with van der Waals surface area (Å²) >= 11 is 0. The second kappa shape index (κ2) is 8.04. The molecule has 0 unspecified atom stereocenters. The zero-order chi connectivity index (χ0) is 22.2. The predicted octanol–water partition coefficient (Wildman–Crippen LogP) is 6.00. The van der Waals surface area contributed by atoms with E-state index in [4.69, 9.17) is 9.15 Å². The number of para-hydroxylation sites is 1. The molecular weight excluding hydrogens is 404 g/mol. The molecule has 1 aliphatic rings. The Morgan fingerprint density at radius 3 is 2.75 bits per heavy atom. The van der Waals surface area contributed by atoms with Crippen molar-refractivity contribution < 1.29 is 18.7 Å². The Balaban J connectivity index is 1.50. The first-order valence-electron chi connectivity index (χ1n) is 11.0. The molecule has 2 amide bonds. The van der Waals surface area contributed by atoms with Gasteiger partial charge < -0.3 is 19.4 Å². The molecule has 5 rings (SSSR count). The van der Waals surface area contributed by atoms with Crippen LogP contribution >= 0.6 is 0 Å². The number of hydrogen-bond donors (Lipinski definition) is 1. The predicted molar refractivity (Wildman–Crippen MR) is 126 cm³/mol. The maximum absolute atomic E-state index is 13.0. The zero-order valence-corrected chi connectivity index (χ0v) is 18.1. The van der Waals surface area contributed by atoms with Gasteiger partial charge in [-0.3, -0.25) is 9.59 Å². The first kappa shape index (κ1) is 20.1. The molecule has 4 aromatic rings. The number of ether oxygens (including phenoxy) is 1. The van der Waals surface area contributed by atoms with Crippen molar-refractivity contribution in [1.82, 2.24) is 0 Å². The summed E-state index contributed by atoms with van der Waals surface area (Å²) in [6.45, 7) is 5.21. The molecule has 1 N–H and O–H groups in total. The van der Waals surface area contributed by atoms with Crippen molar-refractivity contribution in [3.63, 3.8) is 0 Å². The number of benzene rings is 3. The SMILES string of the molecule is CCCCN1C(=O)c2cccc3c(NC(=O)c4cc5cccc(OCC)c5o4)ccc1c23. The molecule has 0 saturated heterocycles. The van der Waals surface area contributed by atoms with Gasteiger partial charge in [-0.15, -0.1) is 0 Å². The number of nitrogens with zero attached hydrogens (tertiary/aromatic N) is 1. The Hall–Kier alpha value is -3.80. The summed E-state index contributed by atoms with van der Waals surface area (Å²) in [5.74, 6) is 0.482. The Morgan fingerprint density at radius 2 is 1.94 bits per heavy atom. The third kappa shape index (κ3) is 3.19. The van der Waals surface area contributed by atoms with E-state index in [-0.39, 0.29) is 17.6 Å². The fourth-order valence-electron chi connectivity index (χ4n) is 4.29. The molecule has 0 spiro atoms. The van der Waals surface area contributed by atoms with Crippen LogP contribution in [0.4, 0.5) is 11.4 Å². The molecule has 2 heterocycles. The molecule has 0 atom stereocenters. The highest BCUT2D eigenvalue weighted by Gasteiger charge is 2.30. The van der Waals surface area contributed by atoms with Crippen LogP contribution in [0.15, 0.2) is 59.0 Å². The summed E-state index contributed by atoms with van der Waals surface area (Å²) in [5, 5.41) is 5.49. The summed E-state index contributed by atoms with van der Waals surface area (Å²) in [6, 6.07) is 16.7. The number of carbonyl (C=O) groups is 2. The lowest BCUT2D eigenvalue weighted by Gasteiger charge is -2.17. The topological polar surface area (TPSA) is 71.8 Å². The van der Waals surface area contributed by atoms with E-state index in [0.29, 0.717) is 35.7 Å². The van der Waals surface area contributed by atoms with E-state index in [1.807, 2.05) is 60.4 Å². The van der Waals surface area contributed by atoms with Gasteiger partial charge in [-0.2, -0.15) is 0 Å². The third-order valence-electron chi connectivity index (χ3n) is 5.80. The van der Waals surface area contributed by atoms with E-state index in [2.05, 4.69) is 12.2 Å². The monoisotopic (exact) mass is 428 g/mol. The Morgan fingerprint density at radius 1 is 1.09 bits per heavy atom. The maximum Gasteiger partial charge on any atom is 0.291 e. The highest BCUT2D eigenvalue weighted by molar-refractivity contribution is 6.27. The average molecular weight is 428 g/mol. The molecule has 0 radical (unpaired) electrons. The van der Waals surface area contributed by atoms with Crippen LogP contribution < -0.4 is 15.0 Å². The van der Waals surface area contributed by atoms with Crippen LogP contribution in [0.3, 0.4) is 0 Å².